The molecular weight excluding hydrogens is 318 g/mol. The maximum Gasteiger partial charge on any atom is 0.339 e. The molecule has 0 spiro atoms. The fourth-order valence-corrected chi connectivity index (χ4v) is 3.28. The van der Waals surface area contributed by atoms with E-state index >= 15 is 0 Å². The lowest BCUT2D eigenvalue weighted by atomic mass is 9.86. The summed E-state index contributed by atoms with van der Waals surface area (Å²) in [6.45, 7) is 0.980. The number of rotatable bonds is 4. The Balaban J connectivity index is 2.03. The summed E-state index contributed by atoms with van der Waals surface area (Å²) in [4.78, 5) is 14.5. The summed E-state index contributed by atoms with van der Waals surface area (Å²) in [5.41, 5.74) is 0.613. The predicted octanol–water partition coefficient (Wildman–Crippen LogP) is 3.73. The predicted molar refractivity (Wildman–Crippen MR) is 83.9 cm³/mol. The fraction of sp³-hybridized carbons (Fsp3) is 0.562. The van der Waals surface area contributed by atoms with Gasteiger partial charge in [-0.15, -0.1) is 0 Å². The Kier molecular flexibility index (Phi) is 5.61. The monoisotopic (exact) mass is 339 g/mol. The Morgan fingerprint density at radius 1 is 1.30 bits per heavy atom. The van der Waals surface area contributed by atoms with Gasteiger partial charge >= 0.3 is 5.97 Å². The number of hydrogen-bond donors (Lipinski definition) is 0. The number of carbonyl (C=O) groups is 1. The molecule has 1 fully saturated rings. The Hall–Kier alpha value is -0.870. The highest BCUT2D eigenvalue weighted by molar-refractivity contribution is 9.10. The van der Waals surface area contributed by atoms with Gasteiger partial charge in [0, 0.05) is 16.9 Å². The smallest absolute Gasteiger partial charge is 0.339 e. The van der Waals surface area contributed by atoms with Gasteiger partial charge in [-0.3, -0.25) is 0 Å². The molecule has 0 radical (unpaired) electrons. The van der Waals surface area contributed by atoms with Crippen molar-refractivity contribution in [3.63, 3.8) is 0 Å². The van der Waals surface area contributed by atoms with Crippen molar-refractivity contribution in [1.29, 1.82) is 0 Å². The van der Waals surface area contributed by atoms with E-state index in [0.717, 1.165) is 30.3 Å². The van der Waals surface area contributed by atoms with Crippen molar-refractivity contribution in [2.45, 2.75) is 31.8 Å². The number of hydrogen-bond acceptors (Lipinski definition) is 3. The summed E-state index contributed by atoms with van der Waals surface area (Å²) >= 11 is 3.41. The molecule has 0 saturated heterocycles. The van der Waals surface area contributed by atoms with Crippen molar-refractivity contribution in [2.75, 3.05) is 20.6 Å². The number of carbonyl (C=O) groups excluding carboxylic acids is 1. The number of benzene rings is 1. The van der Waals surface area contributed by atoms with Crippen molar-refractivity contribution in [2.24, 2.45) is 5.92 Å². The first-order valence-corrected chi connectivity index (χ1v) is 7.97. The Morgan fingerprint density at radius 2 is 2.00 bits per heavy atom. The number of nitrogens with zero attached hydrogens (tertiary/aromatic N) is 1. The van der Waals surface area contributed by atoms with Gasteiger partial charge in [0.25, 0.3) is 0 Å². The van der Waals surface area contributed by atoms with E-state index in [1.165, 1.54) is 6.42 Å². The number of esters is 1. The summed E-state index contributed by atoms with van der Waals surface area (Å²) in [6.07, 6.45) is 4.56. The van der Waals surface area contributed by atoms with Crippen LogP contribution < -0.4 is 0 Å². The molecule has 2 rings (SSSR count). The van der Waals surface area contributed by atoms with Crippen LogP contribution in [0.2, 0.25) is 0 Å². The second-order valence-corrected chi connectivity index (χ2v) is 6.58. The highest BCUT2D eigenvalue weighted by atomic mass is 79.9. The Morgan fingerprint density at radius 3 is 2.70 bits per heavy atom. The molecule has 2 atom stereocenters. The van der Waals surface area contributed by atoms with Crippen LogP contribution in [0.4, 0.5) is 0 Å². The molecule has 1 aliphatic rings. The summed E-state index contributed by atoms with van der Waals surface area (Å²) in [5.74, 6) is 0.235. The molecule has 0 bridgehead atoms. The van der Waals surface area contributed by atoms with Crippen molar-refractivity contribution in [3.05, 3.63) is 34.3 Å². The van der Waals surface area contributed by atoms with Crippen molar-refractivity contribution in [1.82, 2.24) is 4.90 Å². The van der Waals surface area contributed by atoms with E-state index in [1.54, 1.807) is 6.07 Å². The average Bonchev–Trinajstić information content (AvgIpc) is 2.41. The van der Waals surface area contributed by atoms with Crippen LogP contribution in [-0.2, 0) is 4.74 Å². The van der Waals surface area contributed by atoms with E-state index in [1.807, 2.05) is 18.2 Å². The zero-order valence-electron chi connectivity index (χ0n) is 12.1. The van der Waals surface area contributed by atoms with Crippen LogP contribution in [0.25, 0.3) is 0 Å². The Labute approximate surface area is 129 Å². The van der Waals surface area contributed by atoms with E-state index in [2.05, 4.69) is 34.9 Å². The largest absolute Gasteiger partial charge is 0.458 e. The van der Waals surface area contributed by atoms with Crippen molar-refractivity contribution >= 4 is 21.9 Å². The van der Waals surface area contributed by atoms with Gasteiger partial charge < -0.3 is 9.64 Å². The third-order valence-electron chi connectivity index (χ3n) is 3.79. The number of halogens is 1. The highest BCUT2D eigenvalue weighted by Gasteiger charge is 2.29. The summed E-state index contributed by atoms with van der Waals surface area (Å²) in [6, 6.07) is 7.43. The molecule has 1 aromatic carbocycles. The van der Waals surface area contributed by atoms with E-state index < -0.39 is 0 Å². The van der Waals surface area contributed by atoms with E-state index in [-0.39, 0.29) is 12.1 Å². The van der Waals surface area contributed by atoms with E-state index in [0.29, 0.717) is 11.5 Å². The quantitative estimate of drug-likeness (QED) is 0.783. The lowest BCUT2D eigenvalue weighted by molar-refractivity contribution is -0.00333. The van der Waals surface area contributed by atoms with Crippen LogP contribution in [0, 0.1) is 5.92 Å². The molecule has 0 unspecified atom stereocenters. The first-order chi connectivity index (χ1) is 9.58. The minimum Gasteiger partial charge on any atom is -0.458 e. The van der Waals surface area contributed by atoms with Crippen LogP contribution in [0.3, 0.4) is 0 Å². The van der Waals surface area contributed by atoms with Gasteiger partial charge in [0.15, 0.2) is 0 Å². The maximum atomic E-state index is 12.3. The minimum absolute atomic E-state index is 0.0470. The molecule has 0 heterocycles. The van der Waals surface area contributed by atoms with Gasteiger partial charge in [-0.1, -0.05) is 18.6 Å². The molecule has 3 nitrogen and oxygen atoms in total. The summed E-state index contributed by atoms with van der Waals surface area (Å²) in [5, 5.41) is 0. The SMILES string of the molecule is CN(C)C[C@H]1CCCC[C@H]1OC(=O)c1ccccc1Br. The van der Waals surface area contributed by atoms with Gasteiger partial charge in [-0.2, -0.15) is 0 Å². The topological polar surface area (TPSA) is 29.5 Å². The molecular formula is C16H22BrNO2. The molecule has 0 aromatic heterocycles. The standard InChI is InChI=1S/C16H22BrNO2/c1-18(2)11-12-7-3-6-10-15(12)20-16(19)13-8-4-5-9-14(13)17/h4-5,8-9,12,15H,3,6-7,10-11H2,1-2H3/t12-,15-/m1/s1. The molecule has 1 saturated carbocycles. The molecule has 20 heavy (non-hydrogen) atoms. The second kappa shape index (κ2) is 7.23. The Bertz CT molecular complexity index is 462. The van der Waals surface area contributed by atoms with Gasteiger partial charge in [0.05, 0.1) is 5.56 Å². The molecule has 110 valence electrons. The molecule has 1 aliphatic carbocycles. The number of ether oxygens (including phenoxy) is 1. The molecule has 0 N–H and O–H groups in total. The summed E-state index contributed by atoms with van der Waals surface area (Å²) in [7, 11) is 4.14. The summed E-state index contributed by atoms with van der Waals surface area (Å²) < 4.78 is 6.57. The molecule has 4 heteroatoms. The maximum absolute atomic E-state index is 12.3. The van der Waals surface area contributed by atoms with Crippen LogP contribution in [-0.4, -0.2) is 37.6 Å². The first kappa shape index (κ1) is 15.5. The van der Waals surface area contributed by atoms with Gasteiger partial charge in [-0.25, -0.2) is 4.79 Å². The normalized spacial score (nSPS) is 22.8. The fourth-order valence-electron chi connectivity index (χ4n) is 2.83. The third-order valence-corrected chi connectivity index (χ3v) is 4.48. The third kappa shape index (κ3) is 4.06. The lowest BCUT2D eigenvalue weighted by Gasteiger charge is -2.33. The molecule has 1 aromatic rings. The van der Waals surface area contributed by atoms with E-state index in [9.17, 15) is 4.79 Å². The van der Waals surface area contributed by atoms with Gasteiger partial charge in [0.1, 0.15) is 6.10 Å². The molecule has 0 amide bonds. The van der Waals surface area contributed by atoms with Crippen LogP contribution in [0.1, 0.15) is 36.0 Å². The van der Waals surface area contributed by atoms with E-state index in [4.69, 9.17) is 4.74 Å². The highest BCUT2D eigenvalue weighted by Crippen LogP contribution is 2.29. The zero-order valence-corrected chi connectivity index (χ0v) is 13.7. The second-order valence-electron chi connectivity index (χ2n) is 5.73. The lowest BCUT2D eigenvalue weighted by Crippen LogP contribution is -2.36. The zero-order chi connectivity index (χ0) is 14.5. The average molecular weight is 340 g/mol. The van der Waals surface area contributed by atoms with Crippen LogP contribution in [0.15, 0.2) is 28.7 Å². The molecule has 0 aliphatic heterocycles. The van der Waals surface area contributed by atoms with Crippen molar-refractivity contribution in [3.8, 4) is 0 Å². The van der Waals surface area contributed by atoms with Crippen LogP contribution >= 0.6 is 15.9 Å². The van der Waals surface area contributed by atoms with Gasteiger partial charge in [-0.05, 0) is 61.4 Å². The minimum atomic E-state index is -0.215. The first-order valence-electron chi connectivity index (χ1n) is 7.18. The van der Waals surface area contributed by atoms with Crippen molar-refractivity contribution < 1.29 is 9.53 Å². The van der Waals surface area contributed by atoms with Gasteiger partial charge in [0.2, 0.25) is 0 Å². The van der Waals surface area contributed by atoms with Crippen LogP contribution in [0.5, 0.6) is 0 Å².